The Balaban J connectivity index is 1.88. The predicted molar refractivity (Wildman–Crippen MR) is 67.0 cm³/mol. The Morgan fingerprint density at radius 3 is 2.71 bits per heavy atom. The van der Waals surface area contributed by atoms with E-state index in [1.54, 1.807) is 6.20 Å². The third kappa shape index (κ3) is 3.12. The molecule has 93 valence electrons. The van der Waals surface area contributed by atoms with E-state index in [0.717, 1.165) is 32.5 Å². The summed E-state index contributed by atoms with van der Waals surface area (Å²) in [6, 6.07) is 0.416. The normalized spacial score (nSPS) is 18.8. The zero-order valence-electron chi connectivity index (χ0n) is 10.5. The fraction of sp³-hybridized carbons (Fsp3) is 0.667. The van der Waals surface area contributed by atoms with Crippen molar-refractivity contribution >= 4 is 5.69 Å². The van der Waals surface area contributed by atoms with Crippen molar-refractivity contribution in [3.8, 4) is 0 Å². The highest BCUT2D eigenvalue weighted by Crippen LogP contribution is 2.24. The highest BCUT2D eigenvalue weighted by Gasteiger charge is 2.21. The van der Waals surface area contributed by atoms with E-state index in [1.165, 1.54) is 12.1 Å². The van der Waals surface area contributed by atoms with Crippen LogP contribution in [0.1, 0.15) is 32.7 Å². The molecule has 0 amide bonds. The second-order valence-corrected chi connectivity index (χ2v) is 4.98. The molecule has 2 rings (SSSR count). The van der Waals surface area contributed by atoms with Gasteiger partial charge in [0.05, 0.1) is 18.4 Å². The monoisotopic (exact) mass is 235 g/mol. The minimum atomic E-state index is 0.416. The summed E-state index contributed by atoms with van der Waals surface area (Å²) in [6.07, 6.45) is 5.45. The highest BCUT2D eigenvalue weighted by atomic mass is 16.3. The van der Waals surface area contributed by atoms with Crippen LogP contribution in [0.3, 0.4) is 0 Å². The van der Waals surface area contributed by atoms with Crippen LogP contribution in [-0.4, -0.2) is 34.3 Å². The summed E-state index contributed by atoms with van der Waals surface area (Å²) in [5, 5.41) is 7.09. The van der Waals surface area contributed by atoms with Gasteiger partial charge in [0.25, 0.3) is 0 Å². The first-order chi connectivity index (χ1) is 8.19. The third-order valence-corrected chi connectivity index (χ3v) is 3.16. The Kier molecular flexibility index (Phi) is 3.89. The molecule has 0 bridgehead atoms. The molecule has 1 aliphatic heterocycles. The number of rotatable bonds is 4. The Bertz CT molecular complexity index is 366. The minimum absolute atomic E-state index is 0.416. The molecule has 0 aliphatic carbocycles. The van der Waals surface area contributed by atoms with Gasteiger partial charge in [-0.15, -0.1) is 4.91 Å². The van der Waals surface area contributed by atoms with E-state index in [2.05, 4.69) is 29.0 Å². The van der Waals surface area contributed by atoms with Crippen LogP contribution >= 0.6 is 0 Å². The first-order valence-electron chi connectivity index (χ1n) is 6.08. The maximum atomic E-state index is 10.4. The van der Waals surface area contributed by atoms with E-state index < -0.39 is 0 Å². The van der Waals surface area contributed by atoms with E-state index in [9.17, 15) is 4.91 Å². The quantitative estimate of drug-likeness (QED) is 0.753. The molecule has 0 aromatic carbocycles. The van der Waals surface area contributed by atoms with Gasteiger partial charge in [-0.3, -0.25) is 4.68 Å². The predicted octanol–water partition coefficient (Wildman–Crippen LogP) is 2.53. The summed E-state index contributed by atoms with van der Waals surface area (Å²) in [4.78, 5) is 12.8. The van der Waals surface area contributed by atoms with Crippen LogP contribution < -0.4 is 0 Å². The molecule has 1 aromatic rings. The van der Waals surface area contributed by atoms with Crippen LogP contribution in [0.4, 0.5) is 5.69 Å². The maximum Gasteiger partial charge on any atom is 0.145 e. The van der Waals surface area contributed by atoms with E-state index in [-0.39, 0.29) is 0 Å². The molecule has 0 spiro atoms. The third-order valence-electron chi connectivity index (χ3n) is 3.16. The Hall–Kier alpha value is -1.23. The van der Waals surface area contributed by atoms with Gasteiger partial charge in [-0.2, -0.15) is 5.10 Å². The zero-order chi connectivity index (χ0) is 12.3. The lowest BCUT2D eigenvalue weighted by atomic mass is 10.0. The molecular formula is C12H19N4O. The van der Waals surface area contributed by atoms with Crippen molar-refractivity contribution in [3.63, 3.8) is 0 Å². The van der Waals surface area contributed by atoms with Crippen molar-refractivity contribution in [3.05, 3.63) is 23.2 Å². The molecular weight excluding hydrogens is 216 g/mol. The van der Waals surface area contributed by atoms with Gasteiger partial charge in [0.15, 0.2) is 0 Å². The summed E-state index contributed by atoms with van der Waals surface area (Å²) in [7, 11) is 0. The highest BCUT2D eigenvalue weighted by molar-refractivity contribution is 5.29. The van der Waals surface area contributed by atoms with Crippen molar-refractivity contribution in [1.29, 1.82) is 0 Å². The molecule has 1 aliphatic rings. The van der Waals surface area contributed by atoms with Crippen LogP contribution in [0, 0.1) is 10.8 Å². The fourth-order valence-corrected chi connectivity index (χ4v) is 2.36. The summed E-state index contributed by atoms with van der Waals surface area (Å²) in [6.45, 7) is 7.62. The van der Waals surface area contributed by atoms with E-state index in [1.807, 2.05) is 4.68 Å². The number of likely N-dealkylation sites (tertiary alicyclic amines) is 1. The summed E-state index contributed by atoms with van der Waals surface area (Å²) < 4.78 is 1.89. The molecule has 0 N–H and O–H groups in total. The lowest BCUT2D eigenvalue weighted by Gasteiger charge is -2.32. The first-order valence-corrected chi connectivity index (χ1v) is 6.08. The summed E-state index contributed by atoms with van der Waals surface area (Å²) >= 11 is 0. The van der Waals surface area contributed by atoms with Gasteiger partial charge in [0.2, 0.25) is 0 Å². The molecule has 5 nitrogen and oxygen atoms in total. The number of nitroso groups, excluding NO2 is 1. The molecule has 1 fully saturated rings. The smallest absolute Gasteiger partial charge is 0.145 e. The van der Waals surface area contributed by atoms with Crippen LogP contribution in [-0.2, 0) is 0 Å². The van der Waals surface area contributed by atoms with Crippen LogP contribution in [0.25, 0.3) is 0 Å². The Morgan fingerprint density at radius 2 is 2.18 bits per heavy atom. The minimum Gasteiger partial charge on any atom is -0.303 e. The van der Waals surface area contributed by atoms with Gasteiger partial charge < -0.3 is 4.90 Å². The first kappa shape index (κ1) is 12.2. The standard InChI is InChI=1S/C12H19N4O/c1-10(2)8-15-5-3-12(4-6-15)16-9-11(14-17)7-13-16/h7,9,12H,3-6,8H2,1-2H3. The number of nitrogens with zero attached hydrogens (tertiary/aromatic N) is 4. The van der Waals surface area contributed by atoms with Gasteiger partial charge >= 0.3 is 0 Å². The Labute approximate surface area is 102 Å². The topological polar surface area (TPSA) is 50.5 Å². The van der Waals surface area contributed by atoms with Crippen LogP contribution in [0.15, 0.2) is 17.6 Å². The van der Waals surface area contributed by atoms with Gasteiger partial charge in [-0.05, 0) is 23.9 Å². The largest absolute Gasteiger partial charge is 0.303 e. The van der Waals surface area contributed by atoms with Gasteiger partial charge in [-0.1, -0.05) is 13.8 Å². The molecule has 17 heavy (non-hydrogen) atoms. The fourth-order valence-electron chi connectivity index (χ4n) is 2.36. The lowest BCUT2D eigenvalue weighted by Crippen LogP contribution is -2.36. The summed E-state index contributed by atoms with van der Waals surface area (Å²) in [5.74, 6) is 1.45. The second kappa shape index (κ2) is 5.40. The number of hydrogen-bond acceptors (Lipinski definition) is 4. The van der Waals surface area contributed by atoms with E-state index in [4.69, 9.17) is 0 Å². The van der Waals surface area contributed by atoms with E-state index in [0.29, 0.717) is 11.7 Å². The number of hydrogen-bond donors (Lipinski definition) is 0. The van der Waals surface area contributed by atoms with Gasteiger partial charge in [-0.25, -0.2) is 0 Å². The maximum absolute atomic E-state index is 10.4. The number of piperidine rings is 1. The van der Waals surface area contributed by atoms with Crippen LogP contribution in [0.5, 0.6) is 0 Å². The molecule has 2 heterocycles. The molecule has 0 atom stereocenters. The van der Waals surface area contributed by atoms with E-state index >= 15 is 0 Å². The van der Waals surface area contributed by atoms with Gasteiger partial charge in [0, 0.05) is 19.6 Å². The SMILES string of the molecule is C[C](C)CN1CCC(n2cc(N=O)cn2)CC1. The molecule has 1 aromatic heterocycles. The van der Waals surface area contributed by atoms with Crippen molar-refractivity contribution in [2.45, 2.75) is 32.7 Å². The second-order valence-electron chi connectivity index (χ2n) is 4.98. The van der Waals surface area contributed by atoms with Crippen LogP contribution in [0.2, 0.25) is 0 Å². The van der Waals surface area contributed by atoms with Crippen molar-refractivity contribution in [2.75, 3.05) is 19.6 Å². The van der Waals surface area contributed by atoms with Crippen molar-refractivity contribution in [1.82, 2.24) is 14.7 Å². The zero-order valence-corrected chi connectivity index (χ0v) is 10.5. The van der Waals surface area contributed by atoms with Crippen molar-refractivity contribution in [2.24, 2.45) is 5.18 Å². The van der Waals surface area contributed by atoms with Gasteiger partial charge in [0.1, 0.15) is 5.69 Å². The molecule has 1 saturated heterocycles. The molecule has 0 saturated carbocycles. The Morgan fingerprint density at radius 1 is 1.47 bits per heavy atom. The van der Waals surface area contributed by atoms with Crippen molar-refractivity contribution < 1.29 is 0 Å². The average molecular weight is 235 g/mol. The number of aromatic nitrogens is 2. The summed E-state index contributed by atoms with van der Waals surface area (Å²) in [5.41, 5.74) is 0.421. The average Bonchev–Trinajstić information content (AvgIpc) is 2.78. The molecule has 5 heteroatoms. The molecule has 1 radical (unpaired) electrons. The molecule has 0 unspecified atom stereocenters. The lowest BCUT2D eigenvalue weighted by molar-refractivity contribution is 0.186.